The number of fused-ring (bicyclic) bond motifs is 1. The van der Waals surface area contributed by atoms with Crippen molar-refractivity contribution in [3.8, 4) is 11.3 Å². The molecule has 5 rings (SSSR count). The van der Waals surface area contributed by atoms with Crippen molar-refractivity contribution >= 4 is 29.4 Å². The second-order valence-corrected chi connectivity index (χ2v) is 9.70. The fourth-order valence-electron chi connectivity index (χ4n) is 3.90. The van der Waals surface area contributed by atoms with Crippen molar-refractivity contribution in [2.24, 2.45) is 0 Å². The quantitative estimate of drug-likeness (QED) is 0.249. The molecule has 1 saturated heterocycles. The van der Waals surface area contributed by atoms with Crippen molar-refractivity contribution in [3.05, 3.63) is 61.1 Å². The van der Waals surface area contributed by atoms with Crippen LogP contribution in [0.15, 0.2) is 55.5 Å². The van der Waals surface area contributed by atoms with Gasteiger partial charge in [0.2, 0.25) is 0 Å². The minimum Gasteiger partial charge on any atom is -0.475 e. The molecule has 4 aromatic heterocycles. The van der Waals surface area contributed by atoms with E-state index in [1.807, 2.05) is 41.6 Å². The van der Waals surface area contributed by atoms with E-state index >= 15 is 0 Å². The van der Waals surface area contributed by atoms with Gasteiger partial charge < -0.3 is 20.2 Å². The zero-order chi connectivity index (χ0) is 37.9. The van der Waals surface area contributed by atoms with Crippen molar-refractivity contribution in [3.63, 3.8) is 0 Å². The van der Waals surface area contributed by atoms with Gasteiger partial charge in [-0.2, -0.15) is 44.6 Å². The van der Waals surface area contributed by atoms with E-state index in [0.29, 0.717) is 0 Å². The number of imidazole rings is 1. The number of carboxylic acid groups (broad SMARTS) is 3. The molecule has 1 aliphatic heterocycles. The predicted octanol–water partition coefficient (Wildman–Crippen LogP) is 4.23. The molecular weight excluding hydrogens is 703 g/mol. The summed E-state index contributed by atoms with van der Waals surface area (Å²) in [5.41, 5.74) is 4.33. The summed E-state index contributed by atoms with van der Waals surface area (Å²) in [6.07, 6.45) is -1.77. The third-order valence-corrected chi connectivity index (χ3v) is 6.20. The van der Waals surface area contributed by atoms with Gasteiger partial charge in [0.1, 0.15) is 0 Å². The lowest BCUT2D eigenvalue weighted by Crippen LogP contribution is -2.46. The number of aliphatic carboxylic acids is 3. The Kier molecular flexibility index (Phi) is 14.0. The molecule has 1 fully saturated rings. The molecule has 3 N–H and O–H groups in total. The number of carbonyl (C=O) groups is 3. The number of pyridine rings is 1. The van der Waals surface area contributed by atoms with Gasteiger partial charge in [0.15, 0.2) is 11.5 Å². The molecule has 0 atom stereocenters. The van der Waals surface area contributed by atoms with Crippen LogP contribution < -0.4 is 4.90 Å². The zero-order valence-corrected chi connectivity index (χ0v) is 25.5. The number of anilines is 1. The average Bonchev–Trinajstić information content (AvgIpc) is 3.68. The Hall–Kier alpha value is -5.48. The van der Waals surface area contributed by atoms with Crippen molar-refractivity contribution in [2.75, 3.05) is 31.1 Å². The maximum absolute atomic E-state index is 10.6. The first-order valence-electron chi connectivity index (χ1n) is 13.8. The molecule has 0 saturated carbocycles. The van der Waals surface area contributed by atoms with Crippen molar-refractivity contribution in [1.29, 1.82) is 0 Å². The second-order valence-electron chi connectivity index (χ2n) is 9.70. The fourth-order valence-corrected chi connectivity index (χ4v) is 3.90. The molecule has 23 heteroatoms. The SMILES string of the molecule is CCn1cc(CN2CCN(c3nccn4c(-c5ccncc5)cnc34)CC2)cn1.O=C(O)C(F)(F)F.O=C(O)C(F)(F)F.O=C(O)C(F)(F)F. The highest BCUT2D eigenvalue weighted by Gasteiger charge is 2.39. The van der Waals surface area contributed by atoms with E-state index < -0.39 is 36.4 Å². The number of hydrogen-bond acceptors (Lipinski definition) is 9. The molecule has 50 heavy (non-hydrogen) atoms. The molecule has 5 heterocycles. The average molecular weight is 731 g/mol. The maximum Gasteiger partial charge on any atom is 0.490 e. The van der Waals surface area contributed by atoms with Crippen molar-refractivity contribution in [1.82, 2.24) is 34.0 Å². The zero-order valence-electron chi connectivity index (χ0n) is 25.5. The van der Waals surface area contributed by atoms with Gasteiger partial charge in [-0.15, -0.1) is 0 Å². The van der Waals surface area contributed by atoms with Crippen molar-refractivity contribution < 1.29 is 69.2 Å². The van der Waals surface area contributed by atoms with Crippen LogP contribution in [0.25, 0.3) is 16.9 Å². The van der Waals surface area contributed by atoms with Crippen LogP contribution in [0.1, 0.15) is 12.5 Å². The second kappa shape index (κ2) is 17.3. The number of alkyl halides is 9. The lowest BCUT2D eigenvalue weighted by Gasteiger charge is -2.35. The van der Waals surface area contributed by atoms with Crippen molar-refractivity contribution in [2.45, 2.75) is 38.5 Å². The molecule has 0 radical (unpaired) electrons. The molecule has 0 aromatic carbocycles. The molecule has 0 unspecified atom stereocenters. The Bertz CT molecular complexity index is 1640. The Morgan fingerprint density at radius 2 is 1.26 bits per heavy atom. The van der Waals surface area contributed by atoms with E-state index in [4.69, 9.17) is 29.7 Å². The van der Waals surface area contributed by atoms with Gasteiger partial charge in [-0.05, 0) is 19.1 Å². The lowest BCUT2D eigenvalue weighted by atomic mass is 10.2. The molecule has 14 nitrogen and oxygen atoms in total. The minimum atomic E-state index is -5.08. The summed E-state index contributed by atoms with van der Waals surface area (Å²) in [6, 6.07) is 4.01. The summed E-state index contributed by atoms with van der Waals surface area (Å²) in [6.45, 7) is 7.84. The third kappa shape index (κ3) is 12.5. The van der Waals surface area contributed by atoms with E-state index in [2.05, 4.69) is 47.4 Å². The fraction of sp³-hybridized carbons (Fsp3) is 0.370. The van der Waals surface area contributed by atoms with E-state index in [1.54, 1.807) is 12.4 Å². The van der Waals surface area contributed by atoms with Gasteiger partial charge in [-0.3, -0.25) is 19.0 Å². The van der Waals surface area contributed by atoms with E-state index in [9.17, 15) is 39.5 Å². The first-order valence-corrected chi connectivity index (χ1v) is 13.8. The van der Waals surface area contributed by atoms with Gasteiger partial charge in [0, 0.05) is 81.4 Å². The number of hydrogen-bond donors (Lipinski definition) is 3. The molecule has 4 aromatic rings. The first kappa shape index (κ1) is 40.7. The number of piperazine rings is 1. The van der Waals surface area contributed by atoms with Crippen LogP contribution in [-0.4, -0.2) is 112 Å². The summed E-state index contributed by atoms with van der Waals surface area (Å²) >= 11 is 0. The van der Waals surface area contributed by atoms with Gasteiger partial charge >= 0.3 is 36.4 Å². The highest BCUT2D eigenvalue weighted by molar-refractivity contribution is 5.74. The first-order chi connectivity index (χ1) is 23.1. The number of carboxylic acids is 3. The molecule has 0 amide bonds. The Labute approximate surface area is 275 Å². The standard InChI is InChI=1S/C21H24N8.3C2HF3O2/c1-2-28-16-17(13-25-28)15-26-9-11-27(12-10-26)20-21-24-14-19(29(21)8-7-23-20)18-3-5-22-6-4-18;3*3-2(4,5)1(6)7/h3-8,13-14,16H,2,9-12,15H2,1H3;3*(H,6,7). The molecule has 1 aliphatic rings. The summed E-state index contributed by atoms with van der Waals surface area (Å²) in [4.78, 5) is 45.0. The van der Waals surface area contributed by atoms with Gasteiger partial charge in [-0.25, -0.2) is 24.4 Å². The number of nitrogens with zero attached hydrogens (tertiary/aromatic N) is 8. The molecule has 274 valence electrons. The Balaban J connectivity index is 0.000000338. The van der Waals surface area contributed by atoms with E-state index in [0.717, 1.165) is 62.0 Å². The monoisotopic (exact) mass is 730 g/mol. The number of rotatable bonds is 5. The van der Waals surface area contributed by atoms with E-state index in [-0.39, 0.29) is 0 Å². The van der Waals surface area contributed by atoms with Gasteiger partial charge in [0.05, 0.1) is 18.1 Å². The van der Waals surface area contributed by atoms with Crippen LogP contribution >= 0.6 is 0 Å². The highest BCUT2D eigenvalue weighted by Crippen LogP contribution is 2.25. The minimum absolute atomic E-state index is 0.900. The van der Waals surface area contributed by atoms with Crippen LogP contribution in [0.4, 0.5) is 45.3 Å². The summed E-state index contributed by atoms with van der Waals surface area (Å²) < 4.78 is 99.3. The van der Waals surface area contributed by atoms with Crippen LogP contribution in [0.5, 0.6) is 0 Å². The molecule has 0 aliphatic carbocycles. The summed E-state index contributed by atoms with van der Waals surface area (Å²) in [5.74, 6) is -7.32. The van der Waals surface area contributed by atoms with Crippen LogP contribution in [-0.2, 0) is 27.5 Å². The lowest BCUT2D eigenvalue weighted by molar-refractivity contribution is -0.193. The number of halogens is 9. The number of aryl methyl sites for hydroxylation is 1. The highest BCUT2D eigenvalue weighted by atomic mass is 19.4. The summed E-state index contributed by atoms with van der Waals surface area (Å²) in [5, 5.41) is 25.8. The number of aromatic nitrogens is 6. The topological polar surface area (TPSA) is 179 Å². The van der Waals surface area contributed by atoms with Gasteiger partial charge in [0.25, 0.3) is 0 Å². The van der Waals surface area contributed by atoms with Crippen LogP contribution in [0.2, 0.25) is 0 Å². The molecular formula is C27H27F9N8O6. The van der Waals surface area contributed by atoms with Crippen LogP contribution in [0, 0.1) is 0 Å². The summed E-state index contributed by atoms with van der Waals surface area (Å²) in [7, 11) is 0. The largest absolute Gasteiger partial charge is 0.490 e. The maximum atomic E-state index is 10.6. The Morgan fingerprint density at radius 3 is 1.70 bits per heavy atom. The smallest absolute Gasteiger partial charge is 0.475 e. The predicted molar refractivity (Wildman–Crippen MR) is 153 cm³/mol. The molecule has 0 spiro atoms. The third-order valence-electron chi connectivity index (χ3n) is 6.20. The van der Waals surface area contributed by atoms with Gasteiger partial charge in [-0.1, -0.05) is 0 Å². The van der Waals surface area contributed by atoms with Crippen LogP contribution in [0.3, 0.4) is 0 Å². The van der Waals surface area contributed by atoms with E-state index in [1.165, 1.54) is 5.56 Å². The Morgan fingerprint density at radius 1 is 0.760 bits per heavy atom. The molecule has 0 bridgehead atoms. The normalized spacial score (nSPS) is 13.6.